The third-order valence-corrected chi connectivity index (χ3v) is 2.39. The van der Waals surface area contributed by atoms with Crippen LogP contribution in [0.1, 0.15) is 39.3 Å². The van der Waals surface area contributed by atoms with E-state index in [1.807, 2.05) is 24.6 Å². The molecule has 3 nitrogen and oxygen atoms in total. The van der Waals surface area contributed by atoms with Crippen molar-refractivity contribution in [3.8, 4) is 0 Å². The van der Waals surface area contributed by atoms with Gasteiger partial charge in [0, 0.05) is 12.7 Å². The Kier molecular flexibility index (Phi) is 3.09. The molecular formula is C10H18N2O. The SMILES string of the molecule is CCCn1nccc1C(C)(O)CC. The van der Waals surface area contributed by atoms with Crippen molar-refractivity contribution < 1.29 is 5.11 Å². The van der Waals surface area contributed by atoms with E-state index >= 15 is 0 Å². The molecule has 0 bridgehead atoms. The molecule has 1 aromatic rings. The van der Waals surface area contributed by atoms with E-state index in [0.717, 1.165) is 18.7 Å². The van der Waals surface area contributed by atoms with E-state index < -0.39 is 5.60 Å². The molecule has 0 fully saturated rings. The van der Waals surface area contributed by atoms with Crippen molar-refractivity contribution in [1.29, 1.82) is 0 Å². The predicted molar refractivity (Wildman–Crippen MR) is 52.4 cm³/mol. The number of hydrogen-bond donors (Lipinski definition) is 1. The van der Waals surface area contributed by atoms with Gasteiger partial charge in [-0.25, -0.2) is 0 Å². The molecule has 1 heterocycles. The molecule has 13 heavy (non-hydrogen) atoms. The highest BCUT2D eigenvalue weighted by Gasteiger charge is 2.24. The first-order valence-electron chi connectivity index (χ1n) is 4.86. The molecule has 1 rings (SSSR count). The summed E-state index contributed by atoms with van der Waals surface area (Å²) in [5.41, 5.74) is 0.169. The van der Waals surface area contributed by atoms with Gasteiger partial charge in [-0.05, 0) is 25.8 Å². The van der Waals surface area contributed by atoms with Crippen LogP contribution in [0.15, 0.2) is 12.3 Å². The number of rotatable bonds is 4. The first-order valence-corrected chi connectivity index (χ1v) is 4.86. The minimum atomic E-state index is -0.744. The van der Waals surface area contributed by atoms with Gasteiger partial charge in [-0.15, -0.1) is 0 Å². The van der Waals surface area contributed by atoms with Crippen LogP contribution >= 0.6 is 0 Å². The Morgan fingerprint density at radius 1 is 1.54 bits per heavy atom. The average Bonchev–Trinajstić information content (AvgIpc) is 2.54. The fourth-order valence-electron chi connectivity index (χ4n) is 1.36. The van der Waals surface area contributed by atoms with Gasteiger partial charge in [-0.3, -0.25) is 4.68 Å². The number of aromatic nitrogens is 2. The molecule has 74 valence electrons. The Morgan fingerprint density at radius 2 is 2.23 bits per heavy atom. The Labute approximate surface area is 79.4 Å². The number of nitrogens with zero attached hydrogens (tertiary/aromatic N) is 2. The van der Waals surface area contributed by atoms with Crippen molar-refractivity contribution in [2.24, 2.45) is 0 Å². The molecular weight excluding hydrogens is 164 g/mol. The van der Waals surface area contributed by atoms with Crippen LogP contribution in [0.5, 0.6) is 0 Å². The summed E-state index contributed by atoms with van der Waals surface area (Å²) in [5, 5.41) is 14.2. The van der Waals surface area contributed by atoms with Crippen molar-refractivity contribution in [2.45, 2.75) is 45.8 Å². The van der Waals surface area contributed by atoms with Crippen LogP contribution in [0, 0.1) is 0 Å². The van der Waals surface area contributed by atoms with Crippen molar-refractivity contribution >= 4 is 0 Å². The normalized spacial score (nSPS) is 15.7. The molecule has 0 aliphatic heterocycles. The quantitative estimate of drug-likeness (QED) is 0.772. The van der Waals surface area contributed by atoms with E-state index in [0.29, 0.717) is 6.42 Å². The van der Waals surface area contributed by atoms with Gasteiger partial charge in [0.15, 0.2) is 0 Å². The van der Waals surface area contributed by atoms with Crippen LogP contribution in [0.25, 0.3) is 0 Å². The minimum absolute atomic E-state index is 0.711. The summed E-state index contributed by atoms with van der Waals surface area (Å²) in [5.74, 6) is 0. The van der Waals surface area contributed by atoms with E-state index in [1.165, 1.54) is 0 Å². The van der Waals surface area contributed by atoms with E-state index in [4.69, 9.17) is 0 Å². The predicted octanol–water partition coefficient (Wildman–Crippen LogP) is 1.91. The standard InChI is InChI=1S/C10H18N2O/c1-4-8-12-9(6-7-11-12)10(3,13)5-2/h6-7,13H,4-5,8H2,1-3H3. The summed E-state index contributed by atoms with van der Waals surface area (Å²) in [6.07, 6.45) is 3.49. The molecule has 1 atom stereocenters. The Balaban J connectivity index is 2.93. The number of hydrogen-bond acceptors (Lipinski definition) is 2. The maximum atomic E-state index is 10.0. The molecule has 0 spiro atoms. The maximum absolute atomic E-state index is 10.0. The molecule has 0 amide bonds. The first kappa shape index (κ1) is 10.3. The molecule has 0 radical (unpaired) electrons. The van der Waals surface area contributed by atoms with Crippen LogP contribution in [0.3, 0.4) is 0 Å². The van der Waals surface area contributed by atoms with Gasteiger partial charge < -0.3 is 5.11 Å². The molecule has 0 saturated heterocycles. The van der Waals surface area contributed by atoms with Gasteiger partial charge in [0.25, 0.3) is 0 Å². The summed E-state index contributed by atoms with van der Waals surface area (Å²) in [6, 6.07) is 1.89. The second kappa shape index (κ2) is 3.92. The lowest BCUT2D eigenvalue weighted by atomic mass is 9.99. The zero-order valence-corrected chi connectivity index (χ0v) is 8.62. The van der Waals surface area contributed by atoms with Gasteiger partial charge >= 0.3 is 0 Å². The summed E-state index contributed by atoms with van der Waals surface area (Å²) < 4.78 is 1.88. The third-order valence-electron chi connectivity index (χ3n) is 2.39. The lowest BCUT2D eigenvalue weighted by molar-refractivity contribution is 0.0433. The van der Waals surface area contributed by atoms with Crippen LogP contribution in [-0.4, -0.2) is 14.9 Å². The van der Waals surface area contributed by atoms with E-state index in [2.05, 4.69) is 12.0 Å². The zero-order chi connectivity index (χ0) is 9.90. The molecule has 0 aliphatic carbocycles. The molecule has 0 saturated carbocycles. The van der Waals surface area contributed by atoms with E-state index in [1.54, 1.807) is 6.20 Å². The summed E-state index contributed by atoms with van der Waals surface area (Å²) in [7, 11) is 0. The van der Waals surface area contributed by atoms with Crippen molar-refractivity contribution in [3.05, 3.63) is 18.0 Å². The Hall–Kier alpha value is -0.830. The van der Waals surface area contributed by atoms with Crippen LogP contribution in [0.2, 0.25) is 0 Å². The molecule has 0 aliphatic rings. The van der Waals surface area contributed by atoms with Crippen LogP contribution in [0.4, 0.5) is 0 Å². The average molecular weight is 182 g/mol. The summed E-state index contributed by atoms with van der Waals surface area (Å²) >= 11 is 0. The molecule has 1 N–H and O–H groups in total. The fourth-order valence-corrected chi connectivity index (χ4v) is 1.36. The van der Waals surface area contributed by atoms with Gasteiger partial charge in [-0.1, -0.05) is 13.8 Å². The number of aliphatic hydroxyl groups is 1. The van der Waals surface area contributed by atoms with Crippen molar-refractivity contribution in [2.75, 3.05) is 0 Å². The lowest BCUT2D eigenvalue weighted by Gasteiger charge is -2.22. The monoisotopic (exact) mass is 182 g/mol. The van der Waals surface area contributed by atoms with Crippen LogP contribution < -0.4 is 0 Å². The molecule has 3 heteroatoms. The molecule has 0 aromatic carbocycles. The second-order valence-electron chi connectivity index (χ2n) is 3.57. The van der Waals surface area contributed by atoms with E-state index in [9.17, 15) is 5.11 Å². The van der Waals surface area contributed by atoms with Crippen molar-refractivity contribution in [3.63, 3.8) is 0 Å². The Bertz CT molecular complexity index is 266. The largest absolute Gasteiger partial charge is 0.384 e. The summed E-state index contributed by atoms with van der Waals surface area (Å²) in [4.78, 5) is 0. The highest BCUT2D eigenvalue weighted by molar-refractivity contribution is 5.10. The van der Waals surface area contributed by atoms with Gasteiger partial charge in [0.05, 0.1) is 5.69 Å². The van der Waals surface area contributed by atoms with E-state index in [-0.39, 0.29) is 0 Å². The smallest absolute Gasteiger partial charge is 0.103 e. The van der Waals surface area contributed by atoms with Crippen molar-refractivity contribution in [1.82, 2.24) is 9.78 Å². The Morgan fingerprint density at radius 3 is 2.77 bits per heavy atom. The highest BCUT2D eigenvalue weighted by Crippen LogP contribution is 2.23. The zero-order valence-electron chi connectivity index (χ0n) is 8.62. The molecule has 1 aromatic heterocycles. The lowest BCUT2D eigenvalue weighted by Crippen LogP contribution is -2.24. The van der Waals surface area contributed by atoms with Gasteiger partial charge in [-0.2, -0.15) is 5.10 Å². The molecule has 1 unspecified atom stereocenters. The van der Waals surface area contributed by atoms with Gasteiger partial charge in [0.2, 0.25) is 0 Å². The topological polar surface area (TPSA) is 38.0 Å². The minimum Gasteiger partial charge on any atom is -0.384 e. The van der Waals surface area contributed by atoms with Crippen LogP contribution in [-0.2, 0) is 12.1 Å². The fraction of sp³-hybridized carbons (Fsp3) is 0.700. The second-order valence-corrected chi connectivity index (χ2v) is 3.57. The highest BCUT2D eigenvalue weighted by atomic mass is 16.3. The summed E-state index contributed by atoms with van der Waals surface area (Å²) in [6.45, 7) is 6.78. The first-order chi connectivity index (χ1) is 6.11. The number of aryl methyl sites for hydroxylation is 1. The van der Waals surface area contributed by atoms with Gasteiger partial charge in [0.1, 0.15) is 5.60 Å². The third kappa shape index (κ3) is 2.10. The maximum Gasteiger partial charge on any atom is 0.103 e.